The van der Waals surface area contributed by atoms with Gasteiger partial charge in [0.25, 0.3) is 0 Å². The van der Waals surface area contributed by atoms with Gasteiger partial charge in [0, 0.05) is 41.9 Å². The maximum Gasteiger partial charge on any atom is 0.169 e. The molecule has 3 aliphatic carbocycles. The number of fused-ring (bicyclic) bond motifs is 1. The summed E-state index contributed by atoms with van der Waals surface area (Å²) in [5, 5.41) is 68.8. The Labute approximate surface area is 309 Å². The summed E-state index contributed by atoms with van der Waals surface area (Å²) in [6.45, 7) is 1.47. The molecular formula is C44H49N3O6. The van der Waals surface area contributed by atoms with Gasteiger partial charge in [0.15, 0.2) is 23.0 Å². The first kappa shape index (κ1) is 35.1. The molecule has 276 valence electrons. The number of aliphatic hydroxyl groups is 1. The van der Waals surface area contributed by atoms with Crippen molar-refractivity contribution in [1.29, 1.82) is 0 Å². The van der Waals surface area contributed by atoms with Gasteiger partial charge in [-0.05, 0) is 109 Å². The SMILES string of the molecule is Oc1ccc(/C=C/c2c(CCc3ccc(CNC[C@]4(c5cnc[nH]5)CCC[C@@]56CCC[C@@H]5CC[C@H](O)[C@H]46)cc3)c(O)c(O)c3c(O)cccc23)cc1O. The minimum Gasteiger partial charge on any atom is -0.507 e. The van der Waals surface area contributed by atoms with Crippen LogP contribution in [0.2, 0.25) is 0 Å². The van der Waals surface area contributed by atoms with Gasteiger partial charge in [0.1, 0.15) is 5.75 Å². The first-order chi connectivity index (χ1) is 25.7. The summed E-state index contributed by atoms with van der Waals surface area (Å²) < 4.78 is 0. The minimum absolute atomic E-state index is 0.140. The van der Waals surface area contributed by atoms with Crippen LogP contribution < -0.4 is 5.32 Å². The summed E-state index contributed by atoms with van der Waals surface area (Å²) >= 11 is 0. The fraction of sp³-hybridized carbons (Fsp3) is 0.386. The van der Waals surface area contributed by atoms with E-state index in [-0.39, 0.29) is 57.0 Å². The lowest BCUT2D eigenvalue weighted by atomic mass is 9.46. The number of aromatic amines is 1. The summed E-state index contributed by atoms with van der Waals surface area (Å²) in [5.41, 5.74) is 5.20. The van der Waals surface area contributed by atoms with E-state index in [1.54, 1.807) is 36.7 Å². The third kappa shape index (κ3) is 6.19. The van der Waals surface area contributed by atoms with E-state index in [1.165, 1.54) is 50.3 Å². The first-order valence-corrected chi connectivity index (χ1v) is 19.0. The molecular weight excluding hydrogens is 666 g/mol. The molecule has 0 radical (unpaired) electrons. The number of rotatable bonds is 10. The van der Waals surface area contributed by atoms with E-state index in [0.717, 1.165) is 42.6 Å². The van der Waals surface area contributed by atoms with Crippen LogP contribution in [0.15, 0.2) is 73.2 Å². The predicted molar refractivity (Wildman–Crippen MR) is 206 cm³/mol. The van der Waals surface area contributed by atoms with E-state index in [2.05, 4.69) is 39.6 Å². The predicted octanol–water partition coefficient (Wildman–Crippen LogP) is 7.82. The number of hydrogen-bond acceptors (Lipinski definition) is 8. The van der Waals surface area contributed by atoms with Crippen molar-refractivity contribution in [3.05, 3.63) is 107 Å². The lowest BCUT2D eigenvalue weighted by molar-refractivity contribution is -0.121. The van der Waals surface area contributed by atoms with Crippen molar-refractivity contribution >= 4 is 22.9 Å². The molecule has 1 heterocycles. The van der Waals surface area contributed by atoms with Gasteiger partial charge in [0.2, 0.25) is 0 Å². The van der Waals surface area contributed by atoms with Crippen LogP contribution >= 0.6 is 0 Å². The van der Waals surface area contributed by atoms with Crippen molar-refractivity contribution in [2.24, 2.45) is 17.3 Å². The summed E-state index contributed by atoms with van der Waals surface area (Å²) in [7, 11) is 0. The molecule has 5 aromatic rings. The van der Waals surface area contributed by atoms with Crippen molar-refractivity contribution in [2.75, 3.05) is 6.54 Å². The van der Waals surface area contributed by atoms with Crippen LogP contribution in [0.5, 0.6) is 28.7 Å². The van der Waals surface area contributed by atoms with Crippen LogP contribution in [0.4, 0.5) is 0 Å². The van der Waals surface area contributed by atoms with Gasteiger partial charge in [-0.2, -0.15) is 0 Å². The monoisotopic (exact) mass is 715 g/mol. The highest BCUT2D eigenvalue weighted by molar-refractivity contribution is 6.03. The molecule has 3 fully saturated rings. The van der Waals surface area contributed by atoms with Crippen molar-refractivity contribution in [2.45, 2.75) is 82.3 Å². The van der Waals surface area contributed by atoms with E-state index in [4.69, 9.17) is 0 Å². The fourth-order valence-corrected chi connectivity index (χ4v) is 10.7. The molecule has 0 saturated heterocycles. The van der Waals surface area contributed by atoms with E-state index in [0.29, 0.717) is 47.4 Å². The number of phenolic OH excluding ortho intramolecular Hbond substituents is 5. The second-order valence-corrected chi connectivity index (χ2v) is 15.7. The van der Waals surface area contributed by atoms with Gasteiger partial charge in [-0.15, -0.1) is 0 Å². The number of imidazole rings is 1. The lowest BCUT2D eigenvalue weighted by Crippen LogP contribution is -2.61. The van der Waals surface area contributed by atoms with Crippen molar-refractivity contribution in [3.63, 3.8) is 0 Å². The second kappa shape index (κ2) is 14.1. The topological polar surface area (TPSA) is 162 Å². The number of hydrogen-bond donors (Lipinski definition) is 8. The Kier molecular flexibility index (Phi) is 9.33. The smallest absolute Gasteiger partial charge is 0.169 e. The minimum atomic E-state index is -0.366. The highest BCUT2D eigenvalue weighted by Crippen LogP contribution is 2.66. The highest BCUT2D eigenvalue weighted by Gasteiger charge is 2.62. The van der Waals surface area contributed by atoms with Crippen LogP contribution in [0.25, 0.3) is 22.9 Å². The van der Waals surface area contributed by atoms with E-state index >= 15 is 0 Å². The number of nitrogens with zero attached hydrogens (tertiary/aromatic N) is 1. The Morgan fingerprint density at radius 1 is 0.792 bits per heavy atom. The molecule has 3 saturated carbocycles. The normalized spacial score (nSPS) is 25.5. The molecule has 0 bridgehead atoms. The number of H-pyrrole nitrogens is 1. The summed E-state index contributed by atoms with van der Waals surface area (Å²) in [6, 6.07) is 17.9. The number of aliphatic hydroxyl groups excluding tert-OH is 1. The Balaban J connectivity index is 1.00. The van der Waals surface area contributed by atoms with Gasteiger partial charge in [-0.25, -0.2) is 4.98 Å². The summed E-state index contributed by atoms with van der Waals surface area (Å²) in [6.07, 6.45) is 17.2. The zero-order chi connectivity index (χ0) is 36.7. The molecule has 8 rings (SSSR count). The molecule has 0 unspecified atom stereocenters. The molecule has 1 spiro atoms. The summed E-state index contributed by atoms with van der Waals surface area (Å²) in [4.78, 5) is 7.92. The van der Waals surface area contributed by atoms with E-state index < -0.39 is 0 Å². The van der Waals surface area contributed by atoms with Gasteiger partial charge < -0.3 is 40.9 Å². The number of aromatic nitrogens is 2. The van der Waals surface area contributed by atoms with Crippen LogP contribution in [0.1, 0.15) is 84.9 Å². The Hall–Kier alpha value is -4.99. The second-order valence-electron chi connectivity index (χ2n) is 15.7. The molecule has 53 heavy (non-hydrogen) atoms. The Bertz CT molecular complexity index is 2130. The molecule has 9 nitrogen and oxygen atoms in total. The molecule has 9 heteroatoms. The molecule has 5 atom stereocenters. The first-order valence-electron chi connectivity index (χ1n) is 19.0. The Morgan fingerprint density at radius 3 is 2.40 bits per heavy atom. The maximum atomic E-state index is 11.7. The average Bonchev–Trinajstić information content (AvgIpc) is 3.85. The maximum absolute atomic E-state index is 11.7. The zero-order valence-electron chi connectivity index (χ0n) is 29.9. The van der Waals surface area contributed by atoms with Crippen molar-refractivity contribution in [3.8, 4) is 28.7 Å². The molecule has 8 N–H and O–H groups in total. The van der Waals surface area contributed by atoms with Crippen molar-refractivity contribution < 1.29 is 30.6 Å². The van der Waals surface area contributed by atoms with E-state index in [1.807, 2.05) is 6.20 Å². The van der Waals surface area contributed by atoms with Gasteiger partial charge >= 0.3 is 0 Å². The van der Waals surface area contributed by atoms with Crippen LogP contribution in [-0.4, -0.2) is 53.3 Å². The van der Waals surface area contributed by atoms with E-state index in [9.17, 15) is 30.6 Å². The number of aryl methyl sites for hydroxylation is 1. The standard InChI is InChI=1S/C44H49N3O6/c48-34-17-13-28(22-37(34)51)12-15-31-32-5-1-6-35(49)39(32)41(53)40(52)33(31)16-11-27-7-9-29(10-8-27)23-45-25-44(38-24-46-26-47-38)21-3-20-43-19-2-4-30(43)14-18-36(50)42(43)44/h1,5-10,12-13,15,17,22,24,26,30,36,42,45,48-53H,2-4,11,14,16,18-21,23,25H2,(H,46,47)/b15-12+/t30-,36+,42+,43+,44+/m1/s1. The zero-order valence-corrected chi connectivity index (χ0v) is 29.9. The van der Waals surface area contributed by atoms with Gasteiger partial charge in [-0.3, -0.25) is 0 Å². The quantitative estimate of drug-likeness (QED) is 0.0536. The molecule has 3 aliphatic rings. The van der Waals surface area contributed by atoms with Crippen molar-refractivity contribution in [1.82, 2.24) is 15.3 Å². The molecule has 1 aromatic heterocycles. The summed E-state index contributed by atoms with van der Waals surface area (Å²) in [5.74, 6) is -0.330. The lowest BCUT2D eigenvalue weighted by Gasteiger charge is -2.60. The average molecular weight is 716 g/mol. The van der Waals surface area contributed by atoms with Crippen LogP contribution in [0.3, 0.4) is 0 Å². The Morgan fingerprint density at radius 2 is 1.60 bits per heavy atom. The number of phenols is 5. The fourth-order valence-electron chi connectivity index (χ4n) is 10.7. The molecule has 0 aliphatic heterocycles. The third-order valence-electron chi connectivity index (χ3n) is 13.0. The largest absolute Gasteiger partial charge is 0.507 e. The van der Waals surface area contributed by atoms with Crippen LogP contribution in [-0.2, 0) is 24.8 Å². The number of aromatic hydroxyl groups is 5. The highest BCUT2D eigenvalue weighted by atomic mass is 16.3. The number of nitrogens with one attached hydrogen (secondary N) is 2. The van der Waals surface area contributed by atoms with Crippen LogP contribution in [0, 0.1) is 17.3 Å². The molecule has 4 aromatic carbocycles. The third-order valence-corrected chi connectivity index (χ3v) is 13.0. The number of benzene rings is 4. The van der Waals surface area contributed by atoms with Gasteiger partial charge in [-0.1, -0.05) is 67.5 Å². The molecule has 0 amide bonds. The van der Waals surface area contributed by atoms with Gasteiger partial charge in [0.05, 0.1) is 17.8 Å².